The normalized spacial score (nSPS) is 21.4. The Hall–Kier alpha value is -1.31. The third-order valence-electron chi connectivity index (χ3n) is 4.08. The highest BCUT2D eigenvalue weighted by molar-refractivity contribution is 6.02. The summed E-state index contributed by atoms with van der Waals surface area (Å²) in [6, 6.07) is 8.82. The molecule has 1 aliphatic heterocycles. The summed E-state index contributed by atoms with van der Waals surface area (Å²) in [6.07, 6.45) is 6.99. The van der Waals surface area contributed by atoms with Crippen LogP contribution in [0.4, 0.5) is 5.69 Å². The summed E-state index contributed by atoms with van der Waals surface area (Å²) in [4.78, 5) is 14.5. The summed E-state index contributed by atoms with van der Waals surface area (Å²) in [7, 11) is 0. The fourth-order valence-electron chi connectivity index (χ4n) is 3.22. The van der Waals surface area contributed by atoms with Crippen LogP contribution in [-0.2, 0) is 0 Å². The molecule has 0 N–H and O–H groups in total. The minimum atomic E-state index is 0.320. The van der Waals surface area contributed by atoms with E-state index < -0.39 is 0 Å². The largest absolute Gasteiger partial charge is 0.368 e. The van der Waals surface area contributed by atoms with Crippen molar-refractivity contribution in [3.05, 3.63) is 29.8 Å². The highest BCUT2D eigenvalue weighted by atomic mass is 16.1. The number of ketones is 1. The van der Waals surface area contributed by atoms with Crippen LogP contribution < -0.4 is 4.90 Å². The van der Waals surface area contributed by atoms with Gasteiger partial charge in [-0.3, -0.25) is 4.79 Å². The van der Waals surface area contributed by atoms with E-state index in [1.165, 1.54) is 31.4 Å². The van der Waals surface area contributed by atoms with Gasteiger partial charge in [-0.2, -0.15) is 0 Å². The van der Waals surface area contributed by atoms with Crippen LogP contribution in [0.15, 0.2) is 24.3 Å². The van der Waals surface area contributed by atoms with Gasteiger partial charge < -0.3 is 4.90 Å². The number of hydrogen-bond acceptors (Lipinski definition) is 2. The van der Waals surface area contributed by atoms with Crippen molar-refractivity contribution < 1.29 is 4.79 Å². The number of para-hydroxylation sites is 1. The summed E-state index contributed by atoms with van der Waals surface area (Å²) in [6.45, 7) is 1.05. The molecule has 0 radical (unpaired) electrons. The van der Waals surface area contributed by atoms with Gasteiger partial charge in [0.05, 0.1) is 0 Å². The van der Waals surface area contributed by atoms with Crippen LogP contribution in [0.1, 0.15) is 48.9 Å². The van der Waals surface area contributed by atoms with Crippen LogP contribution >= 0.6 is 0 Å². The molecular formula is C15H19NO. The predicted molar refractivity (Wildman–Crippen MR) is 69.6 cm³/mol. The minimum absolute atomic E-state index is 0.320. The molecule has 2 nitrogen and oxygen atoms in total. The Kier molecular flexibility index (Phi) is 2.87. The van der Waals surface area contributed by atoms with Crippen LogP contribution in [-0.4, -0.2) is 18.4 Å². The summed E-state index contributed by atoms with van der Waals surface area (Å²) < 4.78 is 0. The van der Waals surface area contributed by atoms with E-state index in [2.05, 4.69) is 17.0 Å². The van der Waals surface area contributed by atoms with Crippen molar-refractivity contribution in [1.82, 2.24) is 0 Å². The molecule has 1 aliphatic carbocycles. The maximum absolute atomic E-state index is 12.0. The molecule has 2 aliphatic rings. The average Bonchev–Trinajstić information content (AvgIpc) is 2.83. The molecule has 0 unspecified atom stereocenters. The van der Waals surface area contributed by atoms with Crippen molar-refractivity contribution in [2.45, 2.75) is 44.6 Å². The molecule has 17 heavy (non-hydrogen) atoms. The summed E-state index contributed by atoms with van der Waals surface area (Å²) in [5, 5.41) is 0. The molecule has 90 valence electrons. The van der Waals surface area contributed by atoms with Crippen molar-refractivity contribution in [2.24, 2.45) is 0 Å². The second-order valence-corrected chi connectivity index (χ2v) is 5.18. The molecule has 1 heterocycles. The first-order valence-electron chi connectivity index (χ1n) is 6.75. The minimum Gasteiger partial charge on any atom is -0.368 e. The van der Waals surface area contributed by atoms with Crippen LogP contribution in [0.2, 0.25) is 0 Å². The quantitative estimate of drug-likeness (QED) is 0.735. The number of fused-ring (bicyclic) bond motifs is 1. The van der Waals surface area contributed by atoms with Crippen LogP contribution in [0.5, 0.6) is 0 Å². The highest BCUT2D eigenvalue weighted by Gasteiger charge is 2.27. The number of hydrogen-bond donors (Lipinski definition) is 0. The van der Waals surface area contributed by atoms with E-state index >= 15 is 0 Å². The van der Waals surface area contributed by atoms with E-state index in [0.717, 1.165) is 18.5 Å². The zero-order chi connectivity index (χ0) is 11.7. The van der Waals surface area contributed by atoms with Crippen molar-refractivity contribution in [2.75, 3.05) is 11.4 Å². The first-order chi connectivity index (χ1) is 8.36. The van der Waals surface area contributed by atoms with Crippen molar-refractivity contribution in [3.8, 4) is 0 Å². The molecule has 0 bridgehead atoms. The van der Waals surface area contributed by atoms with Crippen molar-refractivity contribution in [1.29, 1.82) is 0 Å². The lowest BCUT2D eigenvalue weighted by Gasteiger charge is -2.31. The van der Waals surface area contributed by atoms with Gasteiger partial charge in [-0.25, -0.2) is 0 Å². The maximum Gasteiger partial charge on any atom is 0.165 e. The number of carbonyl (C=O) groups excluding carboxylic acids is 1. The molecule has 0 saturated heterocycles. The Morgan fingerprint density at radius 1 is 1.06 bits per heavy atom. The molecule has 2 heteroatoms. The summed E-state index contributed by atoms with van der Waals surface area (Å²) >= 11 is 0. The molecule has 1 aromatic carbocycles. The first kappa shape index (κ1) is 10.8. The van der Waals surface area contributed by atoms with E-state index in [0.29, 0.717) is 18.2 Å². The Morgan fingerprint density at radius 2 is 1.82 bits per heavy atom. The average molecular weight is 229 g/mol. The second-order valence-electron chi connectivity index (χ2n) is 5.18. The Morgan fingerprint density at radius 3 is 2.65 bits per heavy atom. The van der Waals surface area contributed by atoms with Crippen molar-refractivity contribution >= 4 is 11.5 Å². The van der Waals surface area contributed by atoms with Gasteiger partial charge in [-0.1, -0.05) is 25.0 Å². The number of nitrogens with zero attached hydrogens (tertiary/aromatic N) is 1. The second kappa shape index (κ2) is 4.52. The number of carbonyl (C=O) groups is 1. The van der Waals surface area contributed by atoms with Gasteiger partial charge in [-0.05, 0) is 31.4 Å². The third kappa shape index (κ3) is 1.97. The van der Waals surface area contributed by atoms with Crippen LogP contribution in [0, 0.1) is 0 Å². The van der Waals surface area contributed by atoms with E-state index in [1.807, 2.05) is 12.1 Å². The van der Waals surface area contributed by atoms with Crippen molar-refractivity contribution in [3.63, 3.8) is 0 Å². The van der Waals surface area contributed by atoms with Crippen LogP contribution in [0.25, 0.3) is 0 Å². The van der Waals surface area contributed by atoms with E-state index in [9.17, 15) is 4.79 Å². The molecule has 1 saturated carbocycles. The summed E-state index contributed by atoms with van der Waals surface area (Å²) in [5.74, 6) is 0.320. The fraction of sp³-hybridized carbons (Fsp3) is 0.533. The number of anilines is 1. The molecule has 0 aromatic heterocycles. The smallest absolute Gasteiger partial charge is 0.165 e. The molecule has 1 fully saturated rings. The summed E-state index contributed by atoms with van der Waals surface area (Å²) in [5.41, 5.74) is 2.12. The lowest BCUT2D eigenvalue weighted by molar-refractivity contribution is 0.0984. The topological polar surface area (TPSA) is 20.3 Å². The van der Waals surface area contributed by atoms with Gasteiger partial charge in [-0.15, -0.1) is 0 Å². The molecule has 3 rings (SSSR count). The fourth-order valence-corrected chi connectivity index (χ4v) is 3.22. The van der Waals surface area contributed by atoms with E-state index in [1.54, 1.807) is 0 Å². The lowest BCUT2D eigenvalue weighted by Crippen LogP contribution is -2.33. The zero-order valence-electron chi connectivity index (χ0n) is 10.2. The first-order valence-corrected chi connectivity index (χ1v) is 6.75. The van der Waals surface area contributed by atoms with E-state index in [4.69, 9.17) is 0 Å². The standard InChI is InChI=1S/C15H19NO/c17-15-10-5-11-16(12-6-1-2-7-12)14-9-4-3-8-13(14)15/h3-4,8-9,12H,1-2,5-7,10-11H2. The number of rotatable bonds is 1. The Labute approximate surface area is 103 Å². The number of Topliss-reactive ketones (excluding diaryl/α,β-unsaturated/α-hetero) is 1. The molecule has 0 amide bonds. The van der Waals surface area contributed by atoms with Gasteiger partial charge in [0, 0.05) is 30.3 Å². The molecule has 1 aromatic rings. The van der Waals surface area contributed by atoms with Gasteiger partial charge in [0.1, 0.15) is 0 Å². The SMILES string of the molecule is O=C1CCCN(C2CCCC2)c2ccccc21. The monoisotopic (exact) mass is 229 g/mol. The zero-order valence-corrected chi connectivity index (χ0v) is 10.2. The maximum atomic E-state index is 12.0. The number of benzene rings is 1. The molecule has 0 spiro atoms. The Balaban J connectivity index is 1.99. The van der Waals surface area contributed by atoms with Gasteiger partial charge in [0.2, 0.25) is 0 Å². The Bertz CT molecular complexity index is 421. The van der Waals surface area contributed by atoms with Gasteiger partial charge in [0.25, 0.3) is 0 Å². The highest BCUT2D eigenvalue weighted by Crippen LogP contribution is 2.33. The van der Waals surface area contributed by atoms with Gasteiger partial charge in [0.15, 0.2) is 5.78 Å². The van der Waals surface area contributed by atoms with E-state index in [-0.39, 0.29) is 0 Å². The molecular weight excluding hydrogens is 210 g/mol. The van der Waals surface area contributed by atoms with Gasteiger partial charge >= 0.3 is 0 Å². The van der Waals surface area contributed by atoms with Crippen LogP contribution in [0.3, 0.4) is 0 Å². The third-order valence-corrected chi connectivity index (χ3v) is 4.08. The lowest BCUT2D eigenvalue weighted by atomic mass is 10.1. The predicted octanol–water partition coefficient (Wildman–Crippen LogP) is 3.41. The molecule has 0 atom stereocenters.